The average molecular weight is 261 g/mol. The Morgan fingerprint density at radius 1 is 1.47 bits per heavy atom. The molecule has 104 valence electrons. The van der Waals surface area contributed by atoms with Crippen LogP contribution in [0.3, 0.4) is 0 Å². The number of hydrogen-bond donors (Lipinski definition) is 2. The highest BCUT2D eigenvalue weighted by Crippen LogP contribution is 2.15. The molecule has 2 atom stereocenters. The van der Waals surface area contributed by atoms with Crippen molar-refractivity contribution in [1.82, 2.24) is 10.2 Å². The molecule has 4 heteroatoms. The standard InChI is InChI=1S/C15H23N3O/c1-18-10-9-13(11-18)17-15(19)8-7-14(16)12-5-3-2-4-6-12/h2-6,13-14H,7-11,16H2,1H3,(H,17,19). The van der Waals surface area contributed by atoms with Crippen LogP contribution in [0.15, 0.2) is 30.3 Å². The van der Waals surface area contributed by atoms with E-state index in [9.17, 15) is 4.79 Å². The molecule has 0 aromatic heterocycles. The van der Waals surface area contributed by atoms with Crippen LogP contribution >= 0.6 is 0 Å². The molecule has 0 saturated carbocycles. The number of nitrogens with one attached hydrogen (secondary N) is 1. The zero-order valence-electron chi connectivity index (χ0n) is 11.5. The molecule has 4 nitrogen and oxygen atoms in total. The Bertz CT molecular complexity index is 407. The van der Waals surface area contributed by atoms with Crippen molar-refractivity contribution in [3.8, 4) is 0 Å². The van der Waals surface area contributed by atoms with Gasteiger partial charge in [0.1, 0.15) is 0 Å². The highest BCUT2D eigenvalue weighted by Gasteiger charge is 2.21. The summed E-state index contributed by atoms with van der Waals surface area (Å²) in [6.45, 7) is 2.02. The van der Waals surface area contributed by atoms with Crippen molar-refractivity contribution in [2.75, 3.05) is 20.1 Å². The molecule has 0 bridgehead atoms. The van der Waals surface area contributed by atoms with Crippen molar-refractivity contribution >= 4 is 5.91 Å². The van der Waals surface area contributed by atoms with E-state index in [-0.39, 0.29) is 11.9 Å². The second-order valence-electron chi connectivity index (χ2n) is 5.37. The van der Waals surface area contributed by atoms with E-state index in [0.717, 1.165) is 25.1 Å². The summed E-state index contributed by atoms with van der Waals surface area (Å²) in [4.78, 5) is 14.1. The SMILES string of the molecule is CN1CCC(NC(=O)CCC(N)c2ccccc2)C1. The third-order valence-corrected chi connectivity index (χ3v) is 3.67. The molecule has 1 aliphatic heterocycles. The number of carbonyl (C=O) groups is 1. The van der Waals surface area contributed by atoms with Crippen LogP contribution in [-0.2, 0) is 4.79 Å². The van der Waals surface area contributed by atoms with Crippen molar-refractivity contribution in [3.05, 3.63) is 35.9 Å². The number of likely N-dealkylation sites (tertiary alicyclic amines) is 1. The predicted octanol–water partition coefficient (Wildman–Crippen LogP) is 1.29. The number of nitrogens with zero attached hydrogens (tertiary/aromatic N) is 1. The molecule has 1 fully saturated rings. The maximum atomic E-state index is 11.9. The van der Waals surface area contributed by atoms with E-state index in [4.69, 9.17) is 5.73 Å². The van der Waals surface area contributed by atoms with Gasteiger partial charge in [0.25, 0.3) is 0 Å². The van der Waals surface area contributed by atoms with Crippen molar-refractivity contribution in [2.45, 2.75) is 31.3 Å². The maximum absolute atomic E-state index is 11.9. The molecular formula is C15H23N3O. The number of amides is 1. The number of rotatable bonds is 5. The Morgan fingerprint density at radius 2 is 2.21 bits per heavy atom. The van der Waals surface area contributed by atoms with Gasteiger partial charge in [0, 0.05) is 25.0 Å². The first-order chi connectivity index (χ1) is 9.15. The zero-order chi connectivity index (χ0) is 13.7. The van der Waals surface area contributed by atoms with Crippen molar-refractivity contribution in [3.63, 3.8) is 0 Å². The van der Waals surface area contributed by atoms with Gasteiger partial charge in [-0.05, 0) is 32.0 Å². The molecule has 1 aromatic carbocycles. The quantitative estimate of drug-likeness (QED) is 0.839. The van der Waals surface area contributed by atoms with Gasteiger partial charge < -0.3 is 16.0 Å². The Hall–Kier alpha value is -1.39. The van der Waals surface area contributed by atoms with E-state index in [2.05, 4.69) is 17.3 Å². The van der Waals surface area contributed by atoms with Gasteiger partial charge in [0.15, 0.2) is 0 Å². The summed E-state index contributed by atoms with van der Waals surface area (Å²) in [5.74, 6) is 0.117. The first-order valence-electron chi connectivity index (χ1n) is 6.93. The van der Waals surface area contributed by atoms with E-state index < -0.39 is 0 Å². The largest absolute Gasteiger partial charge is 0.352 e. The van der Waals surface area contributed by atoms with Crippen LogP contribution in [0.4, 0.5) is 0 Å². The molecule has 1 aliphatic rings. The Morgan fingerprint density at radius 3 is 2.84 bits per heavy atom. The van der Waals surface area contributed by atoms with Gasteiger partial charge in [-0.15, -0.1) is 0 Å². The Balaban J connectivity index is 1.71. The molecule has 1 heterocycles. The first-order valence-corrected chi connectivity index (χ1v) is 6.93. The van der Waals surface area contributed by atoms with Crippen molar-refractivity contribution < 1.29 is 4.79 Å². The summed E-state index contributed by atoms with van der Waals surface area (Å²) < 4.78 is 0. The number of carbonyl (C=O) groups excluding carboxylic acids is 1. The fraction of sp³-hybridized carbons (Fsp3) is 0.533. The summed E-state index contributed by atoms with van der Waals surface area (Å²) >= 11 is 0. The second-order valence-corrected chi connectivity index (χ2v) is 5.37. The van der Waals surface area contributed by atoms with E-state index in [1.54, 1.807) is 0 Å². The van der Waals surface area contributed by atoms with Gasteiger partial charge in [-0.2, -0.15) is 0 Å². The fourth-order valence-corrected chi connectivity index (χ4v) is 2.51. The average Bonchev–Trinajstić information content (AvgIpc) is 2.82. The molecule has 1 aromatic rings. The third-order valence-electron chi connectivity index (χ3n) is 3.67. The molecule has 0 radical (unpaired) electrons. The van der Waals surface area contributed by atoms with Gasteiger partial charge in [0.05, 0.1) is 0 Å². The number of likely N-dealkylation sites (N-methyl/N-ethyl adjacent to an activating group) is 1. The summed E-state index contributed by atoms with van der Waals surface area (Å²) in [5, 5.41) is 3.08. The number of nitrogens with two attached hydrogens (primary N) is 1. The van der Waals surface area contributed by atoms with E-state index in [1.807, 2.05) is 30.3 Å². The topological polar surface area (TPSA) is 58.4 Å². The van der Waals surface area contributed by atoms with Gasteiger partial charge >= 0.3 is 0 Å². The minimum Gasteiger partial charge on any atom is -0.352 e. The second kappa shape index (κ2) is 6.68. The number of hydrogen-bond acceptors (Lipinski definition) is 3. The summed E-state index contributed by atoms with van der Waals surface area (Å²) in [5.41, 5.74) is 7.18. The minimum absolute atomic E-state index is 0.0572. The molecule has 2 unspecified atom stereocenters. The van der Waals surface area contributed by atoms with E-state index in [0.29, 0.717) is 18.9 Å². The van der Waals surface area contributed by atoms with Gasteiger partial charge in [0.2, 0.25) is 5.91 Å². The lowest BCUT2D eigenvalue weighted by Crippen LogP contribution is -2.36. The van der Waals surface area contributed by atoms with Crippen LogP contribution in [0.5, 0.6) is 0 Å². The lowest BCUT2D eigenvalue weighted by atomic mass is 10.0. The lowest BCUT2D eigenvalue weighted by molar-refractivity contribution is -0.121. The molecular weight excluding hydrogens is 238 g/mol. The van der Waals surface area contributed by atoms with Gasteiger partial charge in [-0.3, -0.25) is 4.79 Å². The zero-order valence-corrected chi connectivity index (χ0v) is 11.5. The Labute approximate surface area is 115 Å². The van der Waals surface area contributed by atoms with Crippen LogP contribution in [0.25, 0.3) is 0 Å². The van der Waals surface area contributed by atoms with Gasteiger partial charge in [-0.25, -0.2) is 0 Å². The first kappa shape index (κ1) is 14.0. The van der Waals surface area contributed by atoms with Crippen LogP contribution in [0.2, 0.25) is 0 Å². The van der Waals surface area contributed by atoms with Gasteiger partial charge in [-0.1, -0.05) is 30.3 Å². The maximum Gasteiger partial charge on any atom is 0.220 e. The molecule has 2 rings (SSSR count). The summed E-state index contributed by atoms with van der Waals surface area (Å²) in [7, 11) is 2.08. The van der Waals surface area contributed by atoms with Crippen LogP contribution < -0.4 is 11.1 Å². The molecule has 1 saturated heterocycles. The predicted molar refractivity (Wildman–Crippen MR) is 76.6 cm³/mol. The highest BCUT2D eigenvalue weighted by molar-refractivity contribution is 5.76. The molecule has 3 N–H and O–H groups in total. The van der Waals surface area contributed by atoms with E-state index in [1.165, 1.54) is 0 Å². The molecule has 0 spiro atoms. The molecule has 0 aliphatic carbocycles. The minimum atomic E-state index is -0.0572. The van der Waals surface area contributed by atoms with Crippen LogP contribution in [0.1, 0.15) is 30.9 Å². The van der Waals surface area contributed by atoms with Crippen molar-refractivity contribution in [1.29, 1.82) is 0 Å². The molecule has 1 amide bonds. The smallest absolute Gasteiger partial charge is 0.220 e. The summed E-state index contributed by atoms with van der Waals surface area (Å²) in [6.07, 6.45) is 2.24. The summed E-state index contributed by atoms with van der Waals surface area (Å²) in [6, 6.07) is 10.2. The highest BCUT2D eigenvalue weighted by atomic mass is 16.1. The molecule has 19 heavy (non-hydrogen) atoms. The van der Waals surface area contributed by atoms with Crippen molar-refractivity contribution in [2.24, 2.45) is 5.73 Å². The Kier molecular flexibility index (Phi) is 4.93. The van der Waals surface area contributed by atoms with E-state index >= 15 is 0 Å². The normalized spacial score (nSPS) is 21.3. The van der Waals surface area contributed by atoms with Crippen LogP contribution in [0, 0.1) is 0 Å². The third kappa shape index (κ3) is 4.33. The fourth-order valence-electron chi connectivity index (χ4n) is 2.51. The number of benzene rings is 1. The monoisotopic (exact) mass is 261 g/mol. The lowest BCUT2D eigenvalue weighted by Gasteiger charge is -2.15. The van der Waals surface area contributed by atoms with Crippen LogP contribution in [-0.4, -0.2) is 37.0 Å².